The zero-order valence-corrected chi connectivity index (χ0v) is 12.3. The highest BCUT2D eigenvalue weighted by atomic mass is 16.6. The molecule has 118 valence electrons. The van der Waals surface area contributed by atoms with Crippen molar-refractivity contribution in [3.05, 3.63) is 23.3 Å². The van der Waals surface area contributed by atoms with Gasteiger partial charge in [-0.3, -0.25) is 0 Å². The molecule has 2 atom stereocenters. The quantitative estimate of drug-likeness (QED) is 0.509. The summed E-state index contributed by atoms with van der Waals surface area (Å²) in [6.07, 6.45) is 6.71. The largest absolute Gasteiger partial charge is 0.479 e. The second-order valence-corrected chi connectivity index (χ2v) is 5.10. The third kappa shape index (κ3) is 3.71. The molecule has 0 saturated carbocycles. The number of epoxide rings is 1. The first-order valence-corrected chi connectivity index (χ1v) is 7.06. The summed E-state index contributed by atoms with van der Waals surface area (Å²) in [5.74, 6) is -2.27. The van der Waals surface area contributed by atoms with Gasteiger partial charge in [0.25, 0.3) is 0 Å². The highest BCUT2D eigenvalue weighted by Gasteiger charge is 2.67. The normalized spacial score (nSPS) is 25.8. The van der Waals surface area contributed by atoms with Gasteiger partial charge in [-0.15, -0.1) is 0 Å². The number of ether oxygens (including phenoxy) is 1. The zero-order valence-electron chi connectivity index (χ0n) is 12.3. The molecule has 21 heavy (non-hydrogen) atoms. The number of carbonyl (C=O) groups is 2. The highest BCUT2D eigenvalue weighted by Crippen LogP contribution is 2.49. The molecule has 6 heteroatoms. The lowest BCUT2D eigenvalue weighted by molar-refractivity contribution is -0.141. The Hall–Kier alpha value is -1.66. The van der Waals surface area contributed by atoms with Crippen LogP contribution in [0.15, 0.2) is 23.3 Å². The molecule has 0 bridgehead atoms. The van der Waals surface area contributed by atoms with Crippen molar-refractivity contribution in [3.63, 3.8) is 0 Å². The van der Waals surface area contributed by atoms with E-state index >= 15 is 0 Å². The predicted molar refractivity (Wildman–Crippen MR) is 75.9 cm³/mol. The molecule has 2 aliphatic rings. The van der Waals surface area contributed by atoms with Gasteiger partial charge in [-0.2, -0.15) is 0 Å². The zero-order chi connectivity index (χ0) is 16.0. The molecule has 1 heterocycles. The predicted octanol–water partition coefficient (Wildman–Crippen LogP) is 1.74. The summed E-state index contributed by atoms with van der Waals surface area (Å²) >= 11 is 0. The van der Waals surface area contributed by atoms with Gasteiger partial charge in [0.2, 0.25) is 5.60 Å². The van der Waals surface area contributed by atoms with E-state index in [9.17, 15) is 9.59 Å². The van der Waals surface area contributed by atoms with Crippen molar-refractivity contribution >= 4 is 11.9 Å². The van der Waals surface area contributed by atoms with Gasteiger partial charge in [-0.05, 0) is 25.0 Å². The molecule has 2 unspecified atom stereocenters. The number of aliphatic hydroxyl groups excluding tert-OH is 1. The lowest BCUT2D eigenvalue weighted by Gasteiger charge is -2.11. The average Bonchev–Trinajstić information content (AvgIpc) is 3.18. The molecule has 0 aromatic rings. The molecule has 1 aliphatic carbocycles. The van der Waals surface area contributed by atoms with Crippen LogP contribution in [0.2, 0.25) is 0 Å². The van der Waals surface area contributed by atoms with Crippen molar-refractivity contribution in [2.75, 3.05) is 6.61 Å². The summed E-state index contributed by atoms with van der Waals surface area (Å²) in [4.78, 5) is 21.6. The number of hydrogen-bond acceptors (Lipinski definition) is 4. The van der Waals surface area contributed by atoms with Crippen molar-refractivity contribution in [1.82, 2.24) is 0 Å². The van der Waals surface area contributed by atoms with E-state index in [2.05, 4.69) is 6.92 Å². The summed E-state index contributed by atoms with van der Waals surface area (Å²) in [6, 6.07) is 0. The number of carboxylic acids is 2. The second-order valence-electron chi connectivity index (χ2n) is 5.10. The monoisotopic (exact) mass is 298 g/mol. The Morgan fingerprint density at radius 3 is 2.38 bits per heavy atom. The number of rotatable bonds is 6. The van der Waals surface area contributed by atoms with Crippen LogP contribution in [0.1, 0.15) is 39.5 Å². The minimum absolute atomic E-state index is 0.00185. The van der Waals surface area contributed by atoms with Crippen LogP contribution >= 0.6 is 0 Å². The lowest BCUT2D eigenvalue weighted by atomic mass is 9.88. The Bertz CT molecular complexity index is 461. The molecule has 0 radical (unpaired) electrons. The van der Waals surface area contributed by atoms with Crippen molar-refractivity contribution < 1.29 is 29.6 Å². The fraction of sp³-hybridized carbons (Fsp3) is 0.600. The molecule has 6 nitrogen and oxygen atoms in total. The molecule has 1 fully saturated rings. The number of allylic oxidation sites excluding steroid dienone is 2. The van der Waals surface area contributed by atoms with Gasteiger partial charge in [0, 0.05) is 6.61 Å². The van der Waals surface area contributed by atoms with Crippen LogP contribution in [0.5, 0.6) is 0 Å². The Labute approximate surface area is 123 Å². The van der Waals surface area contributed by atoms with Crippen molar-refractivity contribution in [2.45, 2.75) is 51.2 Å². The summed E-state index contributed by atoms with van der Waals surface area (Å²) in [5.41, 5.74) is -0.888. The first kappa shape index (κ1) is 17.4. The first-order chi connectivity index (χ1) is 9.91. The first-order valence-electron chi connectivity index (χ1n) is 7.06. The maximum atomic E-state index is 10.9. The van der Waals surface area contributed by atoms with Gasteiger partial charge in [0.1, 0.15) is 6.10 Å². The van der Waals surface area contributed by atoms with Crippen LogP contribution in [-0.4, -0.2) is 45.6 Å². The van der Waals surface area contributed by atoms with E-state index in [0.29, 0.717) is 12.2 Å². The summed E-state index contributed by atoms with van der Waals surface area (Å²) < 4.78 is 5.00. The van der Waals surface area contributed by atoms with Gasteiger partial charge >= 0.3 is 11.9 Å². The summed E-state index contributed by atoms with van der Waals surface area (Å²) in [5, 5.41) is 26.0. The maximum Gasteiger partial charge on any atom is 0.343 e. The number of hydrogen-bond donors (Lipinski definition) is 3. The van der Waals surface area contributed by atoms with Crippen molar-refractivity contribution in [1.29, 1.82) is 0 Å². The van der Waals surface area contributed by atoms with Crippen molar-refractivity contribution in [3.8, 4) is 0 Å². The fourth-order valence-corrected chi connectivity index (χ4v) is 2.21. The van der Waals surface area contributed by atoms with Gasteiger partial charge in [-0.1, -0.05) is 32.3 Å². The molecule has 3 N–H and O–H groups in total. The molecular weight excluding hydrogens is 276 g/mol. The third-order valence-corrected chi connectivity index (χ3v) is 3.57. The van der Waals surface area contributed by atoms with E-state index in [-0.39, 0.29) is 5.57 Å². The van der Waals surface area contributed by atoms with E-state index in [4.69, 9.17) is 20.1 Å². The minimum Gasteiger partial charge on any atom is -0.479 e. The smallest absolute Gasteiger partial charge is 0.343 e. The molecule has 1 saturated heterocycles. The number of fused-ring (bicyclic) bond motifs is 1. The Kier molecular flexibility index (Phi) is 6.11. The molecule has 2 rings (SSSR count). The molecule has 0 aromatic heterocycles. The van der Waals surface area contributed by atoms with Gasteiger partial charge in [-0.25, -0.2) is 9.59 Å². The Morgan fingerprint density at radius 2 is 1.90 bits per heavy atom. The van der Waals surface area contributed by atoms with Crippen LogP contribution < -0.4 is 0 Å². The second kappa shape index (κ2) is 7.38. The SMILES string of the molecule is CC1=CC=C(C(=O)O)C2OC12C(=O)O.CCCCCCO. The van der Waals surface area contributed by atoms with E-state index in [1.807, 2.05) is 0 Å². The Morgan fingerprint density at radius 1 is 1.24 bits per heavy atom. The molecule has 0 aromatic carbocycles. The van der Waals surface area contributed by atoms with Gasteiger partial charge < -0.3 is 20.1 Å². The highest BCUT2D eigenvalue weighted by molar-refractivity contribution is 5.97. The van der Waals surface area contributed by atoms with Crippen LogP contribution in [0.3, 0.4) is 0 Å². The average molecular weight is 298 g/mol. The summed E-state index contributed by atoms with van der Waals surface area (Å²) in [6.45, 7) is 4.14. The van der Waals surface area contributed by atoms with Gasteiger partial charge in [0.15, 0.2) is 0 Å². The standard InChI is InChI=1S/C9H8O5.C6H14O/c1-4-2-3-5(7(10)11)6-9(4,14-6)8(12)13;1-2-3-4-5-6-7/h2-3,6H,1H3,(H,10,11)(H,12,13);7H,2-6H2,1H3. The molecule has 1 aliphatic heterocycles. The van der Waals surface area contributed by atoms with E-state index in [1.54, 1.807) is 6.92 Å². The van der Waals surface area contributed by atoms with Gasteiger partial charge in [0.05, 0.1) is 5.57 Å². The minimum atomic E-state index is -1.41. The molecular formula is C15H22O6. The number of aliphatic carboxylic acids is 2. The van der Waals surface area contributed by atoms with Crippen LogP contribution in [0, 0.1) is 0 Å². The number of carboxylic acid groups (broad SMARTS) is 2. The maximum absolute atomic E-state index is 10.9. The van der Waals surface area contributed by atoms with Crippen LogP contribution in [0.4, 0.5) is 0 Å². The summed E-state index contributed by atoms with van der Waals surface area (Å²) in [7, 11) is 0. The molecule has 0 spiro atoms. The Balaban J connectivity index is 0.000000270. The third-order valence-electron chi connectivity index (χ3n) is 3.57. The van der Waals surface area contributed by atoms with Crippen LogP contribution in [-0.2, 0) is 14.3 Å². The van der Waals surface area contributed by atoms with E-state index in [0.717, 1.165) is 6.42 Å². The number of unbranched alkanes of at least 4 members (excludes halogenated alkanes) is 3. The topological polar surface area (TPSA) is 107 Å². The van der Waals surface area contributed by atoms with E-state index < -0.39 is 23.6 Å². The fourth-order valence-electron chi connectivity index (χ4n) is 2.21. The van der Waals surface area contributed by atoms with E-state index in [1.165, 1.54) is 31.4 Å². The van der Waals surface area contributed by atoms with Crippen LogP contribution in [0.25, 0.3) is 0 Å². The van der Waals surface area contributed by atoms with Crippen molar-refractivity contribution in [2.24, 2.45) is 0 Å². The number of aliphatic hydroxyl groups is 1. The molecule has 0 amide bonds. The lowest BCUT2D eigenvalue weighted by Crippen LogP contribution is -2.32.